The van der Waals surface area contributed by atoms with E-state index in [1.165, 1.54) is 17.9 Å². The van der Waals surface area contributed by atoms with Crippen molar-refractivity contribution in [3.05, 3.63) is 70.5 Å². The molecule has 0 aliphatic rings. The van der Waals surface area contributed by atoms with Gasteiger partial charge in [-0.3, -0.25) is 4.79 Å². The summed E-state index contributed by atoms with van der Waals surface area (Å²) in [5.41, 5.74) is 0.827. The summed E-state index contributed by atoms with van der Waals surface area (Å²) in [6, 6.07) is 16.3. The summed E-state index contributed by atoms with van der Waals surface area (Å²) in [5, 5.41) is 7.41. The third kappa shape index (κ3) is 3.95. The van der Waals surface area contributed by atoms with Crippen molar-refractivity contribution in [3.63, 3.8) is 0 Å². The number of nitrogens with zero attached hydrogens (tertiary/aromatic N) is 3. The Labute approximate surface area is 144 Å². The van der Waals surface area contributed by atoms with Crippen LogP contribution in [-0.2, 0) is 6.54 Å². The van der Waals surface area contributed by atoms with Crippen LogP contribution in [0.2, 0.25) is 0 Å². The van der Waals surface area contributed by atoms with Gasteiger partial charge in [0.25, 0.3) is 11.4 Å². The highest BCUT2D eigenvalue weighted by molar-refractivity contribution is 5.53. The molecular weight excluding hydrogens is 320 g/mol. The maximum Gasteiger partial charge on any atom is 0.267 e. The number of rotatable bonds is 6. The highest BCUT2D eigenvalue weighted by Crippen LogP contribution is 2.26. The molecule has 7 heteroatoms. The molecule has 0 bridgehead atoms. The van der Waals surface area contributed by atoms with Crippen molar-refractivity contribution in [1.82, 2.24) is 14.8 Å². The van der Waals surface area contributed by atoms with Crippen molar-refractivity contribution in [2.45, 2.75) is 6.54 Å². The number of nitrogens with one attached hydrogen (secondary N) is 1. The zero-order valence-corrected chi connectivity index (χ0v) is 14.0. The minimum Gasteiger partial charge on any atom is -0.491 e. The van der Waals surface area contributed by atoms with Gasteiger partial charge in [0.2, 0.25) is 0 Å². The number of pyridine rings is 1. The molecule has 0 aliphatic carbocycles. The molecule has 0 atom stereocenters. The molecular formula is C18H18N4O3. The van der Waals surface area contributed by atoms with Crippen LogP contribution in [0.4, 0.5) is 11.6 Å². The minimum absolute atomic E-state index is 0.172. The van der Waals surface area contributed by atoms with Gasteiger partial charge < -0.3 is 14.8 Å². The number of benzene rings is 1. The van der Waals surface area contributed by atoms with E-state index in [1.807, 2.05) is 30.3 Å². The Bertz CT molecular complexity index is 910. The van der Waals surface area contributed by atoms with Gasteiger partial charge in [0, 0.05) is 6.07 Å². The molecule has 0 spiro atoms. The number of methoxy groups -OCH3 is 2. The Morgan fingerprint density at radius 1 is 0.960 bits per heavy atom. The maximum absolute atomic E-state index is 12.0. The average molecular weight is 338 g/mol. The van der Waals surface area contributed by atoms with Crippen molar-refractivity contribution in [2.75, 3.05) is 19.5 Å². The molecule has 0 aliphatic heterocycles. The summed E-state index contributed by atoms with van der Waals surface area (Å²) in [4.78, 5) is 16.3. The van der Waals surface area contributed by atoms with Gasteiger partial charge in [0.05, 0.1) is 20.8 Å². The second kappa shape index (κ2) is 7.48. The van der Waals surface area contributed by atoms with Gasteiger partial charge in [0.15, 0.2) is 11.6 Å². The van der Waals surface area contributed by atoms with Crippen LogP contribution in [0.15, 0.2) is 59.4 Å². The second-order valence-electron chi connectivity index (χ2n) is 5.23. The van der Waals surface area contributed by atoms with E-state index >= 15 is 0 Å². The SMILES string of the molecule is COc1ccc(Nc2ccc(=O)n(Cc3ccccc3)n2)nc1OC. The zero-order valence-electron chi connectivity index (χ0n) is 14.0. The third-order valence-electron chi connectivity index (χ3n) is 3.54. The number of hydrogen-bond acceptors (Lipinski definition) is 6. The largest absolute Gasteiger partial charge is 0.491 e. The topological polar surface area (TPSA) is 78.3 Å². The van der Waals surface area contributed by atoms with Crippen LogP contribution in [0.5, 0.6) is 11.6 Å². The van der Waals surface area contributed by atoms with Crippen molar-refractivity contribution in [2.24, 2.45) is 0 Å². The van der Waals surface area contributed by atoms with E-state index in [0.29, 0.717) is 29.8 Å². The van der Waals surface area contributed by atoms with Crippen LogP contribution in [0.25, 0.3) is 0 Å². The van der Waals surface area contributed by atoms with Gasteiger partial charge in [-0.2, -0.15) is 10.1 Å². The summed E-state index contributed by atoms with van der Waals surface area (Å²) >= 11 is 0. The fourth-order valence-electron chi connectivity index (χ4n) is 2.32. The molecule has 0 radical (unpaired) electrons. The molecule has 7 nitrogen and oxygen atoms in total. The lowest BCUT2D eigenvalue weighted by Crippen LogP contribution is -2.23. The van der Waals surface area contributed by atoms with Crippen LogP contribution < -0.4 is 20.3 Å². The smallest absolute Gasteiger partial charge is 0.267 e. The predicted molar refractivity (Wildman–Crippen MR) is 94.7 cm³/mol. The van der Waals surface area contributed by atoms with E-state index in [9.17, 15) is 4.79 Å². The van der Waals surface area contributed by atoms with Crippen LogP contribution in [0.1, 0.15) is 5.56 Å². The number of anilines is 2. The van der Waals surface area contributed by atoms with Crippen LogP contribution >= 0.6 is 0 Å². The highest BCUT2D eigenvalue weighted by atomic mass is 16.5. The lowest BCUT2D eigenvalue weighted by Gasteiger charge is -2.11. The Kier molecular flexibility index (Phi) is 4.94. The predicted octanol–water partition coefficient (Wildman–Crippen LogP) is 2.45. The first-order valence-electron chi connectivity index (χ1n) is 7.68. The Hall–Kier alpha value is -3.35. The molecule has 3 aromatic rings. The fourth-order valence-corrected chi connectivity index (χ4v) is 2.32. The van der Waals surface area contributed by atoms with Gasteiger partial charge in [-0.15, -0.1) is 0 Å². The number of aromatic nitrogens is 3. The lowest BCUT2D eigenvalue weighted by atomic mass is 10.2. The molecule has 1 N–H and O–H groups in total. The van der Waals surface area contributed by atoms with E-state index in [4.69, 9.17) is 9.47 Å². The van der Waals surface area contributed by atoms with Crippen molar-refractivity contribution in [3.8, 4) is 11.6 Å². The standard InChI is InChI=1S/C18H18N4O3/c1-24-14-8-9-15(20-18(14)25-2)19-16-10-11-17(23)22(21-16)12-13-6-4-3-5-7-13/h3-11H,12H2,1-2H3,(H,19,20,21). The molecule has 0 unspecified atom stereocenters. The summed E-state index contributed by atoms with van der Waals surface area (Å²) in [5.74, 6) is 1.95. The number of hydrogen-bond donors (Lipinski definition) is 1. The molecule has 1 aromatic carbocycles. The van der Waals surface area contributed by atoms with Crippen molar-refractivity contribution < 1.29 is 9.47 Å². The highest BCUT2D eigenvalue weighted by Gasteiger charge is 2.08. The van der Waals surface area contributed by atoms with Gasteiger partial charge in [-0.05, 0) is 23.8 Å². The Morgan fingerprint density at radius 3 is 2.44 bits per heavy atom. The van der Waals surface area contributed by atoms with Crippen LogP contribution in [0, 0.1) is 0 Å². The third-order valence-corrected chi connectivity index (χ3v) is 3.54. The van der Waals surface area contributed by atoms with E-state index in [1.54, 1.807) is 25.3 Å². The van der Waals surface area contributed by atoms with Crippen LogP contribution in [0.3, 0.4) is 0 Å². The molecule has 2 aromatic heterocycles. The molecule has 2 heterocycles. The molecule has 0 saturated heterocycles. The average Bonchev–Trinajstić information content (AvgIpc) is 2.65. The molecule has 0 amide bonds. The summed E-state index contributed by atoms with van der Waals surface area (Å²) in [7, 11) is 3.07. The molecule has 3 rings (SSSR count). The summed E-state index contributed by atoms with van der Waals surface area (Å²) < 4.78 is 11.8. The van der Waals surface area contributed by atoms with E-state index in [2.05, 4.69) is 15.4 Å². The van der Waals surface area contributed by atoms with Crippen molar-refractivity contribution >= 4 is 11.6 Å². The first kappa shape index (κ1) is 16.5. The molecule has 0 fully saturated rings. The molecule has 0 saturated carbocycles. The fraction of sp³-hybridized carbons (Fsp3) is 0.167. The minimum atomic E-state index is -0.172. The Balaban J connectivity index is 1.84. The van der Waals surface area contributed by atoms with Crippen molar-refractivity contribution in [1.29, 1.82) is 0 Å². The number of ether oxygens (including phenoxy) is 2. The normalized spacial score (nSPS) is 10.3. The van der Waals surface area contributed by atoms with E-state index in [0.717, 1.165) is 5.56 Å². The summed E-state index contributed by atoms with van der Waals surface area (Å²) in [6.07, 6.45) is 0. The van der Waals surface area contributed by atoms with Gasteiger partial charge in [-0.1, -0.05) is 30.3 Å². The monoisotopic (exact) mass is 338 g/mol. The van der Waals surface area contributed by atoms with E-state index < -0.39 is 0 Å². The second-order valence-corrected chi connectivity index (χ2v) is 5.23. The van der Waals surface area contributed by atoms with Crippen LogP contribution in [-0.4, -0.2) is 29.0 Å². The van der Waals surface area contributed by atoms with Gasteiger partial charge in [0.1, 0.15) is 5.82 Å². The lowest BCUT2D eigenvalue weighted by molar-refractivity contribution is 0.343. The summed E-state index contributed by atoms with van der Waals surface area (Å²) in [6.45, 7) is 0.397. The van der Waals surface area contributed by atoms with E-state index in [-0.39, 0.29) is 5.56 Å². The molecule has 25 heavy (non-hydrogen) atoms. The first-order valence-corrected chi connectivity index (χ1v) is 7.68. The zero-order chi connectivity index (χ0) is 17.6. The van der Waals surface area contributed by atoms with Gasteiger partial charge >= 0.3 is 0 Å². The quantitative estimate of drug-likeness (QED) is 0.744. The maximum atomic E-state index is 12.0. The Morgan fingerprint density at radius 2 is 1.72 bits per heavy atom. The molecule has 128 valence electrons. The van der Waals surface area contributed by atoms with Gasteiger partial charge in [-0.25, -0.2) is 4.68 Å². The first-order chi connectivity index (χ1) is 12.2.